The van der Waals surface area contributed by atoms with Crippen LogP contribution in [0.5, 0.6) is 11.5 Å². The Morgan fingerprint density at radius 3 is 2.74 bits per heavy atom. The Morgan fingerprint density at radius 2 is 2.03 bits per heavy atom. The molecule has 0 atom stereocenters. The fourth-order valence-electron chi connectivity index (χ4n) is 2.77. The number of carbonyl (C=O) groups is 2. The molecule has 0 spiro atoms. The lowest BCUT2D eigenvalue weighted by molar-refractivity contribution is -0.126. The Labute approximate surface area is 194 Å². The van der Waals surface area contributed by atoms with Gasteiger partial charge in [0, 0.05) is 6.42 Å². The predicted octanol–water partition coefficient (Wildman–Crippen LogP) is 3.74. The van der Waals surface area contributed by atoms with Crippen LogP contribution in [0.2, 0.25) is 0 Å². The van der Waals surface area contributed by atoms with E-state index in [1.807, 2.05) is 6.07 Å². The molecule has 1 aromatic heterocycles. The zero-order valence-electron chi connectivity index (χ0n) is 17.3. The molecule has 0 saturated carbocycles. The van der Waals surface area contributed by atoms with Gasteiger partial charge in [-0.2, -0.15) is 0 Å². The van der Waals surface area contributed by atoms with E-state index in [0.717, 1.165) is 41.6 Å². The van der Waals surface area contributed by atoms with Crippen molar-refractivity contribution in [3.63, 3.8) is 0 Å². The number of hydrogen-bond acceptors (Lipinski definition) is 9. The summed E-state index contributed by atoms with van der Waals surface area (Å²) in [4.78, 5) is 26.9. The lowest BCUT2D eigenvalue weighted by Crippen LogP contribution is -2.36. The second-order valence-corrected chi connectivity index (χ2v) is 9.27. The number of ether oxygens (including phenoxy) is 2. The largest absolute Gasteiger partial charge is 0.493 e. The summed E-state index contributed by atoms with van der Waals surface area (Å²) >= 11 is 7.80. The second-order valence-electron chi connectivity index (χ2n) is 6.53. The maximum absolute atomic E-state index is 12.8. The third-order valence-corrected chi connectivity index (χ3v) is 6.61. The van der Waals surface area contributed by atoms with E-state index >= 15 is 0 Å². The van der Waals surface area contributed by atoms with Crippen molar-refractivity contribution in [2.75, 3.05) is 26.1 Å². The lowest BCUT2D eigenvalue weighted by atomic mass is 10.2. The van der Waals surface area contributed by atoms with Gasteiger partial charge in [0.1, 0.15) is 15.9 Å². The SMILES string of the molecule is CCCCc1nnc(NC(=O)CN2C(=O)/C(=C/c3ccc(OC)c(OC)c3)SC2=S)s1. The molecule has 3 rings (SSSR count). The number of thioether (sulfide) groups is 1. The molecule has 0 bridgehead atoms. The molecule has 1 aliphatic heterocycles. The van der Waals surface area contributed by atoms with E-state index < -0.39 is 0 Å². The van der Waals surface area contributed by atoms with Gasteiger partial charge in [-0.1, -0.05) is 54.7 Å². The van der Waals surface area contributed by atoms with Gasteiger partial charge in [-0.05, 0) is 30.2 Å². The minimum Gasteiger partial charge on any atom is -0.493 e. The van der Waals surface area contributed by atoms with E-state index in [4.69, 9.17) is 21.7 Å². The van der Waals surface area contributed by atoms with Crippen LogP contribution in [0.3, 0.4) is 0 Å². The minimum atomic E-state index is -0.373. The number of hydrogen-bond donors (Lipinski definition) is 1. The number of aryl methyl sites for hydroxylation is 1. The Morgan fingerprint density at radius 1 is 1.26 bits per heavy atom. The zero-order valence-corrected chi connectivity index (χ0v) is 19.8. The minimum absolute atomic E-state index is 0.183. The molecule has 2 aromatic rings. The Kier molecular flexibility index (Phi) is 7.99. The summed E-state index contributed by atoms with van der Waals surface area (Å²) < 4.78 is 10.9. The quantitative estimate of drug-likeness (QED) is 0.430. The Hall–Kier alpha value is -2.50. The molecular formula is C20H22N4O4S3. The number of unbranched alkanes of at least 4 members (excludes halogenated alkanes) is 1. The van der Waals surface area contributed by atoms with Crippen molar-refractivity contribution >= 4 is 62.7 Å². The summed E-state index contributed by atoms with van der Waals surface area (Å²) in [6.07, 6.45) is 4.63. The van der Waals surface area contributed by atoms with Gasteiger partial charge in [0.15, 0.2) is 11.5 Å². The fraction of sp³-hybridized carbons (Fsp3) is 0.350. The molecule has 1 aromatic carbocycles. The number of thiocarbonyl (C=S) groups is 1. The van der Waals surface area contributed by atoms with Crippen LogP contribution in [0.25, 0.3) is 6.08 Å². The van der Waals surface area contributed by atoms with Gasteiger partial charge in [-0.25, -0.2) is 0 Å². The summed E-state index contributed by atoms with van der Waals surface area (Å²) in [7, 11) is 3.10. The smallest absolute Gasteiger partial charge is 0.266 e. The molecule has 0 aliphatic carbocycles. The van der Waals surface area contributed by atoms with Crippen molar-refractivity contribution in [2.24, 2.45) is 0 Å². The van der Waals surface area contributed by atoms with Crippen LogP contribution in [0, 0.1) is 0 Å². The van der Waals surface area contributed by atoms with E-state index in [9.17, 15) is 9.59 Å². The topological polar surface area (TPSA) is 93.7 Å². The highest BCUT2D eigenvalue weighted by Gasteiger charge is 2.33. The van der Waals surface area contributed by atoms with E-state index in [1.54, 1.807) is 32.4 Å². The number of rotatable bonds is 9. The highest BCUT2D eigenvalue weighted by molar-refractivity contribution is 8.26. The average molecular weight is 479 g/mol. The molecular weight excluding hydrogens is 456 g/mol. The van der Waals surface area contributed by atoms with Crippen LogP contribution in [0.1, 0.15) is 30.3 Å². The number of aromatic nitrogens is 2. The van der Waals surface area contributed by atoms with E-state index in [-0.39, 0.29) is 18.4 Å². The molecule has 0 unspecified atom stereocenters. The van der Waals surface area contributed by atoms with E-state index in [0.29, 0.717) is 25.9 Å². The molecule has 0 radical (unpaired) electrons. The van der Waals surface area contributed by atoms with Crippen LogP contribution in [-0.2, 0) is 16.0 Å². The highest BCUT2D eigenvalue weighted by atomic mass is 32.2. The van der Waals surface area contributed by atoms with Gasteiger partial charge in [-0.3, -0.25) is 19.8 Å². The normalized spacial score (nSPS) is 14.9. The number of methoxy groups -OCH3 is 2. The first-order chi connectivity index (χ1) is 14.9. The van der Waals surface area contributed by atoms with Gasteiger partial charge in [0.2, 0.25) is 11.0 Å². The van der Waals surface area contributed by atoms with Crippen LogP contribution in [0.15, 0.2) is 23.1 Å². The van der Waals surface area contributed by atoms with Crippen LogP contribution < -0.4 is 14.8 Å². The molecule has 2 amide bonds. The number of carbonyl (C=O) groups excluding carboxylic acids is 2. The molecule has 1 aliphatic rings. The Balaban J connectivity index is 1.65. The number of nitrogens with zero attached hydrogens (tertiary/aromatic N) is 3. The van der Waals surface area contributed by atoms with Crippen molar-refractivity contribution in [1.82, 2.24) is 15.1 Å². The van der Waals surface area contributed by atoms with Crippen molar-refractivity contribution < 1.29 is 19.1 Å². The molecule has 1 saturated heterocycles. The van der Waals surface area contributed by atoms with Crippen molar-refractivity contribution in [3.8, 4) is 11.5 Å². The number of benzene rings is 1. The summed E-state index contributed by atoms with van der Waals surface area (Å²) in [5, 5.41) is 12.0. The molecule has 164 valence electrons. The average Bonchev–Trinajstić information content (AvgIpc) is 3.31. The molecule has 11 heteroatoms. The Bertz CT molecular complexity index is 1020. The van der Waals surface area contributed by atoms with Gasteiger partial charge in [0.05, 0.1) is 19.1 Å². The maximum Gasteiger partial charge on any atom is 0.266 e. The van der Waals surface area contributed by atoms with Crippen LogP contribution >= 0.6 is 35.3 Å². The van der Waals surface area contributed by atoms with Crippen molar-refractivity contribution in [1.29, 1.82) is 0 Å². The standard InChI is InChI=1S/C20H22N4O4S3/c1-4-5-6-17-22-23-19(31-17)21-16(25)11-24-18(26)15(30-20(24)29)10-12-7-8-13(27-2)14(9-12)28-3/h7-10H,4-6,11H2,1-3H3,(H,21,23,25)/b15-10-. The van der Waals surface area contributed by atoms with Crippen molar-refractivity contribution in [3.05, 3.63) is 33.7 Å². The van der Waals surface area contributed by atoms with Crippen LogP contribution in [-0.4, -0.2) is 52.0 Å². The molecule has 2 heterocycles. The van der Waals surface area contributed by atoms with Gasteiger partial charge < -0.3 is 9.47 Å². The van der Waals surface area contributed by atoms with Crippen molar-refractivity contribution in [2.45, 2.75) is 26.2 Å². The van der Waals surface area contributed by atoms with E-state index in [2.05, 4.69) is 22.4 Å². The summed E-state index contributed by atoms with van der Waals surface area (Å²) in [5.41, 5.74) is 0.760. The second kappa shape index (κ2) is 10.7. The monoisotopic (exact) mass is 478 g/mol. The van der Waals surface area contributed by atoms with E-state index in [1.165, 1.54) is 16.2 Å². The number of amides is 2. The molecule has 31 heavy (non-hydrogen) atoms. The first kappa shape index (κ1) is 23.2. The summed E-state index contributed by atoms with van der Waals surface area (Å²) in [5.74, 6) is 0.461. The first-order valence-electron chi connectivity index (χ1n) is 9.54. The maximum atomic E-state index is 12.8. The van der Waals surface area contributed by atoms with Gasteiger partial charge in [-0.15, -0.1) is 10.2 Å². The lowest BCUT2D eigenvalue weighted by Gasteiger charge is -2.13. The number of anilines is 1. The predicted molar refractivity (Wildman–Crippen MR) is 127 cm³/mol. The third-order valence-electron chi connectivity index (χ3n) is 4.34. The summed E-state index contributed by atoms with van der Waals surface area (Å²) in [6.45, 7) is 1.92. The number of nitrogens with one attached hydrogen (secondary N) is 1. The highest BCUT2D eigenvalue weighted by Crippen LogP contribution is 2.34. The molecule has 8 nitrogen and oxygen atoms in total. The first-order valence-corrected chi connectivity index (χ1v) is 11.6. The van der Waals surface area contributed by atoms with Gasteiger partial charge in [0.25, 0.3) is 5.91 Å². The zero-order chi connectivity index (χ0) is 22.4. The fourth-order valence-corrected chi connectivity index (χ4v) is 4.82. The van der Waals surface area contributed by atoms with Crippen LogP contribution in [0.4, 0.5) is 5.13 Å². The van der Waals surface area contributed by atoms with Gasteiger partial charge >= 0.3 is 0 Å². The summed E-state index contributed by atoms with van der Waals surface area (Å²) in [6, 6.07) is 5.34. The molecule has 1 N–H and O–H groups in total. The molecule has 1 fully saturated rings. The third kappa shape index (κ3) is 5.81.